The molecule has 0 aliphatic heterocycles. The number of allylic oxidation sites excluding steroid dienone is 2. The summed E-state index contributed by atoms with van der Waals surface area (Å²) >= 11 is 0. The fraction of sp³-hybridized carbons (Fsp3) is 0.200. The summed E-state index contributed by atoms with van der Waals surface area (Å²) < 4.78 is 21.1. The molecular weight excluding hydrogens is 304 g/mol. The molecule has 0 amide bonds. The van der Waals surface area contributed by atoms with Crippen LogP contribution >= 0.6 is 0 Å². The molecule has 2 aromatic rings. The zero-order valence-corrected chi connectivity index (χ0v) is 14.4. The van der Waals surface area contributed by atoms with E-state index in [1.165, 1.54) is 0 Å². The molecule has 0 N–H and O–H groups in total. The molecule has 0 aromatic heterocycles. The van der Waals surface area contributed by atoms with Crippen LogP contribution in [0.3, 0.4) is 0 Å². The number of methoxy groups -OCH3 is 4. The molecular formula is C20H22O4. The molecule has 4 heteroatoms. The van der Waals surface area contributed by atoms with Crippen molar-refractivity contribution in [1.29, 1.82) is 0 Å². The fourth-order valence-electron chi connectivity index (χ4n) is 2.18. The van der Waals surface area contributed by atoms with E-state index in [2.05, 4.69) is 0 Å². The Hall–Kier alpha value is -2.88. The van der Waals surface area contributed by atoms with E-state index in [0.29, 0.717) is 0 Å². The molecule has 0 radical (unpaired) electrons. The standard InChI is InChI=1S/C20H22O4/c1-21-17-9-15(10-18(13-17)22-2)7-5-6-8-16-11-19(23-3)14-20(12-16)24-4/h5-14H,1-4H3/b7-5+,8-6+. The molecule has 0 fully saturated rings. The molecule has 126 valence electrons. The first-order valence-corrected chi connectivity index (χ1v) is 7.49. The van der Waals surface area contributed by atoms with Gasteiger partial charge in [-0.25, -0.2) is 0 Å². The van der Waals surface area contributed by atoms with E-state index >= 15 is 0 Å². The van der Waals surface area contributed by atoms with E-state index in [1.54, 1.807) is 28.4 Å². The summed E-state index contributed by atoms with van der Waals surface area (Å²) in [7, 11) is 6.55. The Bertz CT molecular complexity index is 624. The lowest BCUT2D eigenvalue weighted by molar-refractivity contribution is 0.394. The smallest absolute Gasteiger partial charge is 0.123 e. The topological polar surface area (TPSA) is 36.9 Å². The molecule has 0 aliphatic carbocycles. The molecule has 0 atom stereocenters. The summed E-state index contributed by atoms with van der Waals surface area (Å²) in [5.41, 5.74) is 2.00. The first-order chi connectivity index (χ1) is 11.7. The van der Waals surface area contributed by atoms with Crippen LogP contribution in [-0.2, 0) is 0 Å². The third-order valence-corrected chi connectivity index (χ3v) is 3.44. The Balaban J connectivity index is 2.15. The van der Waals surface area contributed by atoms with Gasteiger partial charge in [-0.15, -0.1) is 0 Å². The molecule has 0 saturated heterocycles. The Morgan fingerprint density at radius 2 is 0.792 bits per heavy atom. The number of hydrogen-bond acceptors (Lipinski definition) is 4. The predicted octanol–water partition coefficient (Wildman–Crippen LogP) is 4.45. The van der Waals surface area contributed by atoms with Gasteiger partial charge in [0.25, 0.3) is 0 Å². The van der Waals surface area contributed by atoms with Gasteiger partial charge in [0.1, 0.15) is 23.0 Å². The zero-order chi connectivity index (χ0) is 17.4. The van der Waals surface area contributed by atoms with Crippen LogP contribution < -0.4 is 18.9 Å². The van der Waals surface area contributed by atoms with Gasteiger partial charge in [-0.3, -0.25) is 0 Å². The fourth-order valence-corrected chi connectivity index (χ4v) is 2.18. The first-order valence-electron chi connectivity index (χ1n) is 7.49. The van der Waals surface area contributed by atoms with E-state index in [9.17, 15) is 0 Å². The quantitative estimate of drug-likeness (QED) is 0.705. The molecule has 0 spiro atoms. The summed E-state index contributed by atoms with van der Waals surface area (Å²) in [5.74, 6) is 3.04. The first kappa shape index (κ1) is 17.5. The van der Waals surface area contributed by atoms with E-state index in [1.807, 2.05) is 60.7 Å². The van der Waals surface area contributed by atoms with Crippen LogP contribution in [0.25, 0.3) is 12.2 Å². The minimum absolute atomic E-state index is 0.760. The minimum Gasteiger partial charge on any atom is -0.497 e. The molecule has 0 bridgehead atoms. The summed E-state index contributed by atoms with van der Waals surface area (Å²) in [4.78, 5) is 0. The third-order valence-electron chi connectivity index (χ3n) is 3.44. The van der Waals surface area contributed by atoms with E-state index in [4.69, 9.17) is 18.9 Å². The van der Waals surface area contributed by atoms with Crippen LogP contribution in [-0.4, -0.2) is 28.4 Å². The summed E-state index contributed by atoms with van der Waals surface area (Å²) in [6.45, 7) is 0. The number of ether oxygens (including phenoxy) is 4. The number of rotatable bonds is 7. The van der Waals surface area contributed by atoms with Crippen LogP contribution in [0.2, 0.25) is 0 Å². The van der Waals surface area contributed by atoms with Crippen molar-refractivity contribution in [3.05, 3.63) is 59.7 Å². The van der Waals surface area contributed by atoms with Crippen molar-refractivity contribution in [2.45, 2.75) is 0 Å². The van der Waals surface area contributed by atoms with Crippen molar-refractivity contribution in [2.75, 3.05) is 28.4 Å². The maximum atomic E-state index is 5.26. The van der Waals surface area contributed by atoms with Crippen LogP contribution in [0.15, 0.2) is 48.6 Å². The van der Waals surface area contributed by atoms with E-state index in [-0.39, 0.29) is 0 Å². The van der Waals surface area contributed by atoms with Crippen LogP contribution in [0.4, 0.5) is 0 Å². The van der Waals surface area contributed by atoms with Gasteiger partial charge >= 0.3 is 0 Å². The molecule has 0 saturated carbocycles. The average Bonchev–Trinajstić information content (AvgIpc) is 2.64. The van der Waals surface area contributed by atoms with Gasteiger partial charge in [-0.05, 0) is 35.4 Å². The molecule has 2 aromatic carbocycles. The Morgan fingerprint density at radius 1 is 0.500 bits per heavy atom. The second-order valence-corrected chi connectivity index (χ2v) is 5.01. The van der Waals surface area contributed by atoms with Gasteiger partial charge in [-0.1, -0.05) is 24.3 Å². The highest BCUT2D eigenvalue weighted by molar-refractivity contribution is 5.61. The van der Waals surface area contributed by atoms with Crippen molar-refractivity contribution >= 4 is 12.2 Å². The zero-order valence-electron chi connectivity index (χ0n) is 14.4. The molecule has 0 aliphatic rings. The second-order valence-electron chi connectivity index (χ2n) is 5.01. The van der Waals surface area contributed by atoms with Gasteiger partial charge in [0.05, 0.1) is 28.4 Å². The second kappa shape index (κ2) is 8.67. The normalized spacial score (nSPS) is 11.0. The Labute approximate surface area is 142 Å². The van der Waals surface area contributed by atoms with E-state index < -0.39 is 0 Å². The Kier molecular flexibility index (Phi) is 6.32. The number of hydrogen-bond donors (Lipinski definition) is 0. The summed E-state index contributed by atoms with van der Waals surface area (Å²) in [6.07, 6.45) is 7.89. The highest BCUT2D eigenvalue weighted by Gasteiger charge is 2.00. The van der Waals surface area contributed by atoms with Gasteiger partial charge < -0.3 is 18.9 Å². The van der Waals surface area contributed by atoms with Gasteiger partial charge in [0.2, 0.25) is 0 Å². The van der Waals surface area contributed by atoms with Crippen molar-refractivity contribution in [2.24, 2.45) is 0 Å². The molecule has 0 unspecified atom stereocenters. The lowest BCUT2D eigenvalue weighted by atomic mass is 10.1. The van der Waals surface area contributed by atoms with E-state index in [0.717, 1.165) is 34.1 Å². The van der Waals surface area contributed by atoms with Crippen LogP contribution in [0.1, 0.15) is 11.1 Å². The molecule has 24 heavy (non-hydrogen) atoms. The minimum atomic E-state index is 0.760. The van der Waals surface area contributed by atoms with Crippen LogP contribution in [0, 0.1) is 0 Å². The number of benzene rings is 2. The summed E-state index contributed by atoms with van der Waals surface area (Å²) in [6, 6.07) is 11.5. The third kappa shape index (κ3) is 4.81. The predicted molar refractivity (Wildman–Crippen MR) is 97.2 cm³/mol. The molecule has 4 nitrogen and oxygen atoms in total. The largest absolute Gasteiger partial charge is 0.497 e. The average molecular weight is 326 g/mol. The van der Waals surface area contributed by atoms with Gasteiger partial charge in [0, 0.05) is 12.1 Å². The van der Waals surface area contributed by atoms with Gasteiger partial charge in [0.15, 0.2) is 0 Å². The lowest BCUT2D eigenvalue weighted by Crippen LogP contribution is -1.88. The maximum absolute atomic E-state index is 5.26. The van der Waals surface area contributed by atoms with Crippen molar-refractivity contribution in [3.63, 3.8) is 0 Å². The van der Waals surface area contributed by atoms with Crippen molar-refractivity contribution in [3.8, 4) is 23.0 Å². The Morgan fingerprint density at radius 3 is 1.04 bits per heavy atom. The maximum Gasteiger partial charge on any atom is 0.123 e. The highest BCUT2D eigenvalue weighted by atomic mass is 16.5. The molecule has 2 rings (SSSR count). The lowest BCUT2D eigenvalue weighted by Gasteiger charge is -2.06. The van der Waals surface area contributed by atoms with Crippen molar-refractivity contribution < 1.29 is 18.9 Å². The van der Waals surface area contributed by atoms with Gasteiger partial charge in [-0.2, -0.15) is 0 Å². The monoisotopic (exact) mass is 326 g/mol. The van der Waals surface area contributed by atoms with Crippen molar-refractivity contribution in [1.82, 2.24) is 0 Å². The van der Waals surface area contributed by atoms with Crippen LogP contribution in [0.5, 0.6) is 23.0 Å². The summed E-state index contributed by atoms with van der Waals surface area (Å²) in [5, 5.41) is 0. The molecule has 0 heterocycles. The SMILES string of the molecule is COc1cc(/C=C/C=C/c2cc(OC)cc(OC)c2)cc(OC)c1. The highest BCUT2D eigenvalue weighted by Crippen LogP contribution is 2.24.